The summed E-state index contributed by atoms with van der Waals surface area (Å²) in [6.07, 6.45) is 4.79. The molecule has 1 aliphatic rings. The highest BCUT2D eigenvalue weighted by Gasteiger charge is 2.27. The van der Waals surface area contributed by atoms with Crippen LogP contribution >= 0.6 is 11.3 Å². The van der Waals surface area contributed by atoms with Crippen molar-refractivity contribution in [2.75, 3.05) is 25.6 Å². The smallest absolute Gasteiger partial charge is 0.341 e. The van der Waals surface area contributed by atoms with Crippen LogP contribution in [-0.2, 0) is 27.1 Å². The lowest BCUT2D eigenvalue weighted by Crippen LogP contribution is -2.22. The van der Waals surface area contributed by atoms with Crippen molar-refractivity contribution in [3.05, 3.63) is 64.0 Å². The minimum atomic E-state index is -0.639. The van der Waals surface area contributed by atoms with Gasteiger partial charge in [0.05, 0.1) is 35.9 Å². The first-order chi connectivity index (χ1) is 19.0. The van der Waals surface area contributed by atoms with Gasteiger partial charge in [0.15, 0.2) is 6.61 Å². The van der Waals surface area contributed by atoms with E-state index in [9.17, 15) is 14.4 Å². The van der Waals surface area contributed by atoms with Gasteiger partial charge in [-0.15, -0.1) is 11.3 Å². The molecule has 0 bridgehead atoms. The number of amides is 1. The maximum absolute atomic E-state index is 12.7. The minimum Gasteiger partial charge on any atom is -0.497 e. The van der Waals surface area contributed by atoms with Crippen molar-refractivity contribution in [1.29, 1.82) is 0 Å². The van der Waals surface area contributed by atoms with Crippen LogP contribution < -0.4 is 10.1 Å². The van der Waals surface area contributed by atoms with E-state index in [1.165, 1.54) is 11.3 Å². The van der Waals surface area contributed by atoms with Crippen molar-refractivity contribution in [2.24, 2.45) is 0 Å². The third-order valence-corrected chi connectivity index (χ3v) is 7.78. The minimum absolute atomic E-state index is 0.247. The van der Waals surface area contributed by atoms with Gasteiger partial charge in [-0.3, -0.25) is 4.79 Å². The molecule has 1 aliphatic carbocycles. The molecular weight excluding hydrogens is 518 g/mol. The highest BCUT2D eigenvalue weighted by atomic mass is 32.1. The maximum Gasteiger partial charge on any atom is 0.341 e. The molecule has 2 heterocycles. The SMILES string of the molecule is CCOC(=O)c1c(NC(=O)COC(=O)c2ccc3nc(-c4ccc(OC)cc4)[nH]c3c2)sc2c1CCCCC2. The number of nitrogens with zero attached hydrogens (tertiary/aromatic N) is 1. The number of carbonyl (C=O) groups excluding carboxylic acids is 3. The number of hydrogen-bond donors (Lipinski definition) is 2. The van der Waals surface area contributed by atoms with Crippen molar-refractivity contribution in [3.63, 3.8) is 0 Å². The summed E-state index contributed by atoms with van der Waals surface area (Å²) in [7, 11) is 1.61. The number of aromatic amines is 1. The summed E-state index contributed by atoms with van der Waals surface area (Å²) in [5, 5.41) is 3.22. The molecule has 2 aromatic heterocycles. The van der Waals surface area contributed by atoms with E-state index >= 15 is 0 Å². The zero-order valence-electron chi connectivity index (χ0n) is 21.8. The van der Waals surface area contributed by atoms with E-state index < -0.39 is 24.5 Å². The maximum atomic E-state index is 12.7. The Balaban J connectivity index is 1.26. The zero-order valence-corrected chi connectivity index (χ0v) is 22.6. The number of thiophene rings is 1. The number of aryl methyl sites for hydroxylation is 1. The number of rotatable bonds is 8. The normalized spacial score (nSPS) is 12.9. The molecule has 0 spiro atoms. The number of methoxy groups -OCH3 is 1. The van der Waals surface area contributed by atoms with Crippen LogP contribution in [0.5, 0.6) is 5.75 Å². The summed E-state index contributed by atoms with van der Waals surface area (Å²) in [4.78, 5) is 47.1. The van der Waals surface area contributed by atoms with E-state index in [1.807, 2.05) is 24.3 Å². The van der Waals surface area contributed by atoms with Gasteiger partial charge in [0, 0.05) is 10.4 Å². The average molecular weight is 548 g/mol. The number of anilines is 1. The fraction of sp³-hybridized carbons (Fsp3) is 0.310. The molecule has 0 fully saturated rings. The highest BCUT2D eigenvalue weighted by molar-refractivity contribution is 7.17. The van der Waals surface area contributed by atoms with Gasteiger partial charge in [-0.25, -0.2) is 14.6 Å². The second kappa shape index (κ2) is 11.7. The van der Waals surface area contributed by atoms with Crippen molar-refractivity contribution in [2.45, 2.75) is 39.0 Å². The van der Waals surface area contributed by atoms with E-state index in [0.717, 1.165) is 53.9 Å². The lowest BCUT2D eigenvalue weighted by molar-refractivity contribution is -0.119. The number of fused-ring (bicyclic) bond motifs is 2. The lowest BCUT2D eigenvalue weighted by atomic mass is 10.1. The van der Waals surface area contributed by atoms with E-state index in [2.05, 4.69) is 15.3 Å². The molecule has 5 rings (SSSR count). The first kappa shape index (κ1) is 26.4. The van der Waals surface area contributed by atoms with E-state index in [0.29, 0.717) is 27.4 Å². The van der Waals surface area contributed by atoms with Gasteiger partial charge in [-0.05, 0) is 80.6 Å². The van der Waals surface area contributed by atoms with Crippen LogP contribution in [0.3, 0.4) is 0 Å². The van der Waals surface area contributed by atoms with Crippen LogP contribution in [0.2, 0.25) is 0 Å². The van der Waals surface area contributed by atoms with Crippen LogP contribution in [0, 0.1) is 0 Å². The number of esters is 2. The molecule has 9 nitrogen and oxygen atoms in total. The van der Waals surface area contributed by atoms with Crippen LogP contribution in [-0.4, -0.2) is 48.1 Å². The van der Waals surface area contributed by atoms with Gasteiger partial charge >= 0.3 is 11.9 Å². The van der Waals surface area contributed by atoms with Gasteiger partial charge in [-0.2, -0.15) is 0 Å². The van der Waals surface area contributed by atoms with Gasteiger partial charge in [0.25, 0.3) is 5.91 Å². The summed E-state index contributed by atoms with van der Waals surface area (Å²) in [5.41, 5.74) is 3.91. The predicted octanol–water partition coefficient (Wildman–Crippen LogP) is 5.54. The second-order valence-electron chi connectivity index (χ2n) is 9.16. The molecule has 2 N–H and O–H groups in total. The van der Waals surface area contributed by atoms with Crippen molar-refractivity contribution in [1.82, 2.24) is 9.97 Å². The fourth-order valence-corrected chi connectivity index (χ4v) is 5.94. The Kier molecular flexibility index (Phi) is 7.92. The number of nitrogens with one attached hydrogen (secondary N) is 2. The standard InChI is InChI=1S/C29H29N3O6S/c1-3-37-29(35)25-20-7-5-4-6-8-23(20)39-27(25)32-24(33)16-38-28(34)18-11-14-21-22(15-18)31-26(30-21)17-9-12-19(36-2)13-10-17/h9-15H,3-8,16H2,1-2H3,(H,30,31)(H,32,33). The van der Waals surface area contributed by atoms with Crippen molar-refractivity contribution >= 4 is 45.2 Å². The molecule has 202 valence electrons. The quantitative estimate of drug-likeness (QED) is 0.219. The molecule has 0 saturated heterocycles. The summed E-state index contributed by atoms with van der Waals surface area (Å²) in [5.74, 6) is -0.194. The number of carbonyl (C=O) groups is 3. The Bertz CT molecular complexity index is 1520. The number of hydrogen-bond acceptors (Lipinski definition) is 8. The molecule has 1 amide bonds. The fourth-order valence-electron chi connectivity index (χ4n) is 4.65. The molecule has 0 radical (unpaired) electrons. The van der Waals surface area contributed by atoms with Crippen LogP contribution in [0.25, 0.3) is 22.4 Å². The predicted molar refractivity (Wildman–Crippen MR) is 149 cm³/mol. The first-order valence-corrected chi connectivity index (χ1v) is 13.7. The van der Waals surface area contributed by atoms with Crippen molar-refractivity contribution < 1.29 is 28.6 Å². The van der Waals surface area contributed by atoms with Crippen molar-refractivity contribution in [3.8, 4) is 17.1 Å². The number of ether oxygens (including phenoxy) is 3. The second-order valence-corrected chi connectivity index (χ2v) is 10.3. The molecule has 2 aromatic carbocycles. The molecule has 39 heavy (non-hydrogen) atoms. The molecule has 0 unspecified atom stereocenters. The third-order valence-electron chi connectivity index (χ3n) is 6.57. The van der Waals surface area contributed by atoms with E-state index in [1.54, 1.807) is 32.2 Å². The average Bonchev–Trinajstić information content (AvgIpc) is 3.44. The Morgan fingerprint density at radius 1 is 1.00 bits per heavy atom. The summed E-state index contributed by atoms with van der Waals surface area (Å²) in [6.45, 7) is 1.51. The zero-order chi connectivity index (χ0) is 27.4. The molecule has 10 heteroatoms. The Labute approximate surface area is 229 Å². The number of benzene rings is 2. The number of H-pyrrole nitrogens is 1. The molecule has 4 aromatic rings. The first-order valence-electron chi connectivity index (χ1n) is 12.9. The largest absolute Gasteiger partial charge is 0.497 e. The summed E-state index contributed by atoms with van der Waals surface area (Å²) in [6, 6.07) is 12.4. The Hall–Kier alpha value is -4.18. The Morgan fingerprint density at radius 3 is 2.56 bits per heavy atom. The molecule has 0 saturated carbocycles. The van der Waals surface area contributed by atoms with Gasteiger partial charge in [0.1, 0.15) is 16.6 Å². The highest BCUT2D eigenvalue weighted by Crippen LogP contribution is 2.38. The van der Waals surface area contributed by atoms with Gasteiger partial charge < -0.3 is 24.5 Å². The van der Waals surface area contributed by atoms with E-state index in [-0.39, 0.29) is 12.2 Å². The molecular formula is C29H29N3O6S. The number of aromatic nitrogens is 2. The van der Waals surface area contributed by atoms with Crippen LogP contribution in [0.1, 0.15) is 57.3 Å². The third kappa shape index (κ3) is 5.80. The number of imidazole rings is 1. The van der Waals surface area contributed by atoms with Gasteiger partial charge in [-0.1, -0.05) is 6.42 Å². The summed E-state index contributed by atoms with van der Waals surface area (Å²) >= 11 is 1.40. The monoisotopic (exact) mass is 547 g/mol. The Morgan fingerprint density at radius 2 is 1.79 bits per heavy atom. The molecule has 0 atom stereocenters. The topological polar surface area (TPSA) is 120 Å². The summed E-state index contributed by atoms with van der Waals surface area (Å²) < 4.78 is 15.7. The molecule has 0 aliphatic heterocycles. The van der Waals surface area contributed by atoms with E-state index in [4.69, 9.17) is 14.2 Å². The van der Waals surface area contributed by atoms with Crippen LogP contribution in [0.15, 0.2) is 42.5 Å². The van der Waals surface area contributed by atoms with Crippen LogP contribution in [0.4, 0.5) is 5.00 Å². The van der Waals surface area contributed by atoms with Gasteiger partial charge in [0.2, 0.25) is 0 Å². The lowest BCUT2D eigenvalue weighted by Gasteiger charge is -2.09.